The molecule has 0 unspecified atom stereocenters. The molecule has 0 amide bonds. The van der Waals surface area contributed by atoms with Crippen molar-refractivity contribution in [1.29, 1.82) is 0 Å². The minimum absolute atomic E-state index is 0.0464. The van der Waals surface area contributed by atoms with Gasteiger partial charge in [0.2, 0.25) is 0 Å². The Labute approximate surface area is 108 Å². The predicted molar refractivity (Wildman–Crippen MR) is 67.0 cm³/mol. The molecule has 1 saturated carbocycles. The van der Waals surface area contributed by atoms with Gasteiger partial charge in [0.15, 0.2) is 5.69 Å². The maximum absolute atomic E-state index is 11.2. The van der Waals surface area contributed by atoms with Crippen LogP contribution in [0, 0.1) is 0 Å². The highest BCUT2D eigenvalue weighted by molar-refractivity contribution is 6.29. The number of halogens is 1. The summed E-state index contributed by atoms with van der Waals surface area (Å²) >= 11 is 6.11. The van der Waals surface area contributed by atoms with Crippen LogP contribution >= 0.6 is 11.6 Å². The molecular formula is C12H12ClN3O2. The van der Waals surface area contributed by atoms with Crippen LogP contribution in [0.15, 0.2) is 18.2 Å². The van der Waals surface area contributed by atoms with Crippen LogP contribution in [0.5, 0.6) is 0 Å². The van der Waals surface area contributed by atoms with Crippen molar-refractivity contribution in [2.75, 3.05) is 0 Å². The molecule has 0 aliphatic heterocycles. The van der Waals surface area contributed by atoms with Crippen molar-refractivity contribution in [3.8, 4) is 0 Å². The van der Waals surface area contributed by atoms with Gasteiger partial charge in [0, 0.05) is 6.04 Å². The van der Waals surface area contributed by atoms with Crippen LogP contribution in [-0.2, 0) is 6.54 Å². The summed E-state index contributed by atoms with van der Waals surface area (Å²) in [4.78, 5) is 15.3. The highest BCUT2D eigenvalue weighted by Gasteiger charge is 2.23. The summed E-state index contributed by atoms with van der Waals surface area (Å²) < 4.78 is 1.68. The molecule has 0 spiro atoms. The van der Waals surface area contributed by atoms with Crippen molar-refractivity contribution in [1.82, 2.24) is 14.7 Å². The molecule has 5 nitrogen and oxygen atoms in total. The van der Waals surface area contributed by atoms with E-state index in [1.165, 1.54) is 12.8 Å². The maximum atomic E-state index is 11.2. The summed E-state index contributed by atoms with van der Waals surface area (Å²) in [6.07, 6.45) is 2.34. The molecule has 0 radical (unpaired) electrons. The Morgan fingerprint density at radius 3 is 3.00 bits per heavy atom. The molecule has 6 heteroatoms. The number of rotatable bonds is 4. The lowest BCUT2D eigenvalue weighted by molar-refractivity contribution is 0.0693. The Kier molecular flexibility index (Phi) is 2.72. The second kappa shape index (κ2) is 4.26. The third-order valence-electron chi connectivity index (χ3n) is 3.01. The number of hydrogen-bond acceptors (Lipinski definition) is 3. The number of carboxylic acid groups (broad SMARTS) is 1. The van der Waals surface area contributed by atoms with E-state index in [4.69, 9.17) is 16.7 Å². The fourth-order valence-corrected chi connectivity index (χ4v) is 2.23. The molecule has 0 bridgehead atoms. The van der Waals surface area contributed by atoms with E-state index < -0.39 is 5.97 Å². The molecule has 0 aromatic carbocycles. The quantitative estimate of drug-likeness (QED) is 0.829. The molecule has 3 rings (SSSR count). The minimum atomic E-state index is -1.03. The van der Waals surface area contributed by atoms with E-state index in [0.29, 0.717) is 29.1 Å². The van der Waals surface area contributed by atoms with E-state index in [0.717, 1.165) is 0 Å². The Morgan fingerprint density at radius 1 is 1.56 bits per heavy atom. The van der Waals surface area contributed by atoms with Gasteiger partial charge in [-0.3, -0.25) is 4.40 Å². The number of fused-ring (bicyclic) bond motifs is 1. The van der Waals surface area contributed by atoms with E-state index in [1.54, 1.807) is 22.6 Å². The lowest BCUT2D eigenvalue weighted by atomic mass is 10.3. The Bertz CT molecular complexity index is 619. The van der Waals surface area contributed by atoms with Gasteiger partial charge in [0.25, 0.3) is 0 Å². The SMILES string of the molecule is O=C(O)c1nc(CNC2CC2)n2c(Cl)cccc12. The highest BCUT2D eigenvalue weighted by atomic mass is 35.5. The number of pyridine rings is 1. The normalized spacial score (nSPS) is 15.2. The van der Waals surface area contributed by atoms with Crippen molar-refractivity contribution < 1.29 is 9.90 Å². The molecule has 1 aliphatic rings. The van der Waals surface area contributed by atoms with Crippen molar-refractivity contribution in [3.05, 3.63) is 34.9 Å². The average Bonchev–Trinajstić information content (AvgIpc) is 3.07. The Morgan fingerprint density at radius 2 is 2.33 bits per heavy atom. The third-order valence-corrected chi connectivity index (χ3v) is 3.31. The van der Waals surface area contributed by atoms with Crippen molar-refractivity contribution in [3.63, 3.8) is 0 Å². The fourth-order valence-electron chi connectivity index (χ4n) is 1.97. The van der Waals surface area contributed by atoms with Crippen molar-refractivity contribution >= 4 is 23.1 Å². The monoisotopic (exact) mass is 265 g/mol. The third kappa shape index (κ3) is 1.95. The minimum Gasteiger partial charge on any atom is -0.476 e. The number of carboxylic acids is 1. The van der Waals surface area contributed by atoms with Gasteiger partial charge in [-0.25, -0.2) is 9.78 Å². The predicted octanol–water partition coefficient (Wildman–Crippen LogP) is 1.94. The fraction of sp³-hybridized carbons (Fsp3) is 0.333. The number of imidazole rings is 1. The van der Waals surface area contributed by atoms with E-state index in [1.807, 2.05) is 0 Å². The molecule has 94 valence electrons. The van der Waals surface area contributed by atoms with Crippen LogP contribution in [0.2, 0.25) is 5.15 Å². The number of nitrogens with one attached hydrogen (secondary N) is 1. The summed E-state index contributed by atoms with van der Waals surface area (Å²) in [5, 5.41) is 12.9. The van der Waals surface area contributed by atoms with Crippen LogP contribution in [0.3, 0.4) is 0 Å². The summed E-state index contributed by atoms with van der Waals surface area (Å²) in [6, 6.07) is 5.70. The van der Waals surface area contributed by atoms with E-state index >= 15 is 0 Å². The van der Waals surface area contributed by atoms with Gasteiger partial charge >= 0.3 is 5.97 Å². The zero-order valence-electron chi connectivity index (χ0n) is 9.56. The first-order valence-corrected chi connectivity index (χ1v) is 6.17. The summed E-state index contributed by atoms with van der Waals surface area (Å²) in [5.41, 5.74) is 0.577. The zero-order valence-corrected chi connectivity index (χ0v) is 10.3. The first-order chi connectivity index (χ1) is 8.66. The molecule has 0 atom stereocenters. The van der Waals surface area contributed by atoms with Gasteiger partial charge in [-0.15, -0.1) is 0 Å². The topological polar surface area (TPSA) is 66.6 Å². The van der Waals surface area contributed by atoms with Crippen molar-refractivity contribution in [2.45, 2.75) is 25.4 Å². The Balaban J connectivity index is 2.08. The maximum Gasteiger partial charge on any atom is 0.356 e. The van der Waals surface area contributed by atoms with E-state index in [2.05, 4.69) is 10.3 Å². The van der Waals surface area contributed by atoms with Crippen LogP contribution in [-0.4, -0.2) is 26.5 Å². The molecule has 18 heavy (non-hydrogen) atoms. The summed E-state index contributed by atoms with van der Waals surface area (Å²) in [5.74, 6) is -0.396. The van der Waals surface area contributed by atoms with Crippen LogP contribution in [0.25, 0.3) is 5.52 Å². The number of aromatic nitrogens is 2. The van der Waals surface area contributed by atoms with Crippen LogP contribution in [0.4, 0.5) is 0 Å². The smallest absolute Gasteiger partial charge is 0.356 e. The zero-order chi connectivity index (χ0) is 12.7. The summed E-state index contributed by atoms with van der Waals surface area (Å²) in [6.45, 7) is 0.531. The molecule has 0 saturated heterocycles. The van der Waals surface area contributed by atoms with E-state index in [-0.39, 0.29) is 5.69 Å². The van der Waals surface area contributed by atoms with Gasteiger partial charge in [-0.05, 0) is 25.0 Å². The second-order valence-electron chi connectivity index (χ2n) is 4.41. The largest absolute Gasteiger partial charge is 0.476 e. The number of hydrogen-bond donors (Lipinski definition) is 2. The van der Waals surface area contributed by atoms with Gasteiger partial charge in [-0.2, -0.15) is 0 Å². The molecule has 2 N–H and O–H groups in total. The Hall–Kier alpha value is -1.59. The van der Waals surface area contributed by atoms with Crippen molar-refractivity contribution in [2.24, 2.45) is 0 Å². The van der Waals surface area contributed by atoms with Gasteiger partial charge in [0.05, 0.1) is 12.1 Å². The number of nitrogens with zero attached hydrogens (tertiary/aromatic N) is 2. The first-order valence-electron chi connectivity index (χ1n) is 5.79. The number of aromatic carboxylic acids is 1. The van der Waals surface area contributed by atoms with Gasteiger partial charge < -0.3 is 10.4 Å². The highest BCUT2D eigenvalue weighted by Crippen LogP contribution is 2.22. The molecule has 2 heterocycles. The standard InChI is InChI=1S/C12H12ClN3O2/c13-9-3-1-2-8-11(12(17)18)15-10(16(8)9)6-14-7-4-5-7/h1-3,7,14H,4-6H2,(H,17,18). The van der Waals surface area contributed by atoms with E-state index in [9.17, 15) is 4.79 Å². The van der Waals surface area contributed by atoms with Crippen LogP contribution in [0.1, 0.15) is 29.2 Å². The second-order valence-corrected chi connectivity index (χ2v) is 4.79. The molecule has 2 aromatic rings. The summed E-state index contributed by atoms with van der Waals surface area (Å²) in [7, 11) is 0. The molecular weight excluding hydrogens is 254 g/mol. The number of carbonyl (C=O) groups is 1. The van der Waals surface area contributed by atoms with Gasteiger partial charge in [0.1, 0.15) is 11.0 Å². The van der Waals surface area contributed by atoms with Crippen LogP contribution < -0.4 is 5.32 Å². The lowest BCUT2D eigenvalue weighted by Crippen LogP contribution is -2.17. The molecule has 2 aromatic heterocycles. The van der Waals surface area contributed by atoms with Gasteiger partial charge in [-0.1, -0.05) is 17.7 Å². The molecule has 1 aliphatic carbocycles. The average molecular weight is 266 g/mol. The lowest BCUT2D eigenvalue weighted by Gasteiger charge is -2.04. The first kappa shape index (κ1) is 11.5. The molecule has 1 fully saturated rings.